The Bertz CT molecular complexity index is 620. The summed E-state index contributed by atoms with van der Waals surface area (Å²) in [5.74, 6) is -0.261. The van der Waals surface area contributed by atoms with E-state index >= 15 is 0 Å². The number of carbonyl (C=O) groups excluding carboxylic acids is 1. The van der Waals surface area contributed by atoms with Crippen LogP contribution in [0.15, 0.2) is 18.2 Å². The maximum absolute atomic E-state index is 11.7. The Labute approximate surface area is 134 Å². The molecule has 1 rings (SSSR count). The zero-order valence-electron chi connectivity index (χ0n) is 11.9. The third kappa shape index (κ3) is 4.82. The molecule has 0 bridgehead atoms. The lowest BCUT2D eigenvalue weighted by Crippen LogP contribution is -2.41. The van der Waals surface area contributed by atoms with Gasteiger partial charge in [0.15, 0.2) is 0 Å². The molecule has 0 heterocycles. The van der Waals surface area contributed by atoms with Crippen LogP contribution in [0.1, 0.15) is 6.92 Å². The Morgan fingerprint density at radius 2 is 1.90 bits per heavy atom. The zero-order chi connectivity index (χ0) is 16.2. The lowest BCUT2D eigenvalue weighted by Gasteiger charge is -2.23. The van der Waals surface area contributed by atoms with Crippen molar-refractivity contribution in [3.05, 3.63) is 28.2 Å². The van der Waals surface area contributed by atoms with Gasteiger partial charge < -0.3 is 4.90 Å². The minimum absolute atomic E-state index is 0.0585. The minimum Gasteiger partial charge on any atom is -0.310 e. The van der Waals surface area contributed by atoms with E-state index in [9.17, 15) is 13.2 Å². The molecule has 0 aromatic heterocycles. The fourth-order valence-corrected chi connectivity index (χ4v) is 2.57. The van der Waals surface area contributed by atoms with Gasteiger partial charge in [-0.1, -0.05) is 29.3 Å². The van der Waals surface area contributed by atoms with E-state index in [2.05, 4.69) is 4.72 Å². The number of anilines is 1. The first-order chi connectivity index (χ1) is 9.66. The molecule has 0 aliphatic rings. The number of carbonyl (C=O) groups is 1. The van der Waals surface area contributed by atoms with E-state index in [4.69, 9.17) is 23.2 Å². The maximum Gasteiger partial charge on any atom is 0.278 e. The van der Waals surface area contributed by atoms with Gasteiger partial charge in [-0.3, -0.25) is 4.79 Å². The van der Waals surface area contributed by atoms with E-state index in [0.717, 1.165) is 4.31 Å². The van der Waals surface area contributed by atoms with Gasteiger partial charge in [0.2, 0.25) is 5.91 Å². The second-order valence-electron chi connectivity index (χ2n) is 4.43. The van der Waals surface area contributed by atoms with Crippen LogP contribution in [0.2, 0.25) is 10.0 Å². The molecule has 0 unspecified atom stereocenters. The highest BCUT2D eigenvalue weighted by Crippen LogP contribution is 2.32. The first-order valence-corrected chi connectivity index (χ1v) is 8.25. The molecule has 1 amide bonds. The monoisotopic (exact) mass is 353 g/mol. The lowest BCUT2D eigenvalue weighted by atomic mass is 10.2. The van der Waals surface area contributed by atoms with Crippen LogP contribution in [-0.2, 0) is 15.0 Å². The normalized spacial score (nSPS) is 11.7. The topological polar surface area (TPSA) is 69.7 Å². The number of benzene rings is 1. The van der Waals surface area contributed by atoms with E-state index in [-0.39, 0.29) is 24.0 Å². The number of rotatable bonds is 6. The average Bonchev–Trinajstić information content (AvgIpc) is 2.38. The van der Waals surface area contributed by atoms with Gasteiger partial charge in [-0.05, 0) is 12.1 Å². The summed E-state index contributed by atoms with van der Waals surface area (Å²) in [7, 11) is -0.703. The smallest absolute Gasteiger partial charge is 0.278 e. The van der Waals surface area contributed by atoms with Gasteiger partial charge in [0.1, 0.15) is 0 Å². The van der Waals surface area contributed by atoms with Gasteiger partial charge in [0.25, 0.3) is 10.2 Å². The highest BCUT2D eigenvalue weighted by atomic mass is 35.5. The van der Waals surface area contributed by atoms with Crippen LogP contribution in [0.4, 0.5) is 5.69 Å². The molecule has 21 heavy (non-hydrogen) atoms. The molecule has 6 nitrogen and oxygen atoms in total. The summed E-state index contributed by atoms with van der Waals surface area (Å²) in [6.45, 7) is 1.57. The molecule has 0 saturated heterocycles. The predicted octanol–water partition coefficient (Wildman–Crippen LogP) is 1.74. The molecule has 1 aromatic carbocycles. The Kier molecular flexibility index (Phi) is 6.42. The predicted molar refractivity (Wildman–Crippen MR) is 85.1 cm³/mol. The van der Waals surface area contributed by atoms with Crippen molar-refractivity contribution in [1.82, 2.24) is 9.03 Å². The first-order valence-electron chi connectivity index (χ1n) is 6.06. The molecular formula is C12H17Cl2N3O3S. The third-order valence-corrected chi connectivity index (χ3v) is 5.04. The number of hydrogen-bond donors (Lipinski definition) is 1. The third-order valence-electron chi connectivity index (χ3n) is 2.70. The largest absolute Gasteiger partial charge is 0.310 e. The van der Waals surface area contributed by atoms with Crippen molar-refractivity contribution in [2.24, 2.45) is 0 Å². The molecule has 0 radical (unpaired) electrons. The van der Waals surface area contributed by atoms with Gasteiger partial charge >= 0.3 is 0 Å². The number of halogens is 2. The highest BCUT2D eigenvalue weighted by Gasteiger charge is 2.18. The first kappa shape index (κ1) is 18.2. The molecule has 0 aliphatic heterocycles. The van der Waals surface area contributed by atoms with Crippen molar-refractivity contribution in [1.29, 1.82) is 0 Å². The summed E-state index contributed by atoms with van der Waals surface area (Å²) in [5.41, 5.74) is 0.445. The van der Waals surface area contributed by atoms with Gasteiger partial charge in [0.05, 0.1) is 15.7 Å². The standard InChI is InChI=1S/C12H17Cl2N3O3S/c1-9(18)17(8-7-15-21(19,20)16(2)3)11-6-4-5-10(13)12(11)14/h4-6,15H,7-8H2,1-3H3. The van der Waals surface area contributed by atoms with Crippen LogP contribution >= 0.6 is 23.2 Å². The van der Waals surface area contributed by atoms with Crippen LogP contribution in [0, 0.1) is 0 Å². The van der Waals surface area contributed by atoms with Crippen LogP contribution < -0.4 is 9.62 Å². The fraction of sp³-hybridized carbons (Fsp3) is 0.417. The molecule has 0 aliphatic carbocycles. The van der Waals surface area contributed by atoms with Crippen molar-refractivity contribution in [3.63, 3.8) is 0 Å². The Hall–Kier alpha value is -0.860. The zero-order valence-corrected chi connectivity index (χ0v) is 14.3. The van der Waals surface area contributed by atoms with Crippen molar-refractivity contribution in [3.8, 4) is 0 Å². The number of nitrogens with one attached hydrogen (secondary N) is 1. The van der Waals surface area contributed by atoms with E-state index in [1.165, 1.54) is 25.9 Å². The highest BCUT2D eigenvalue weighted by molar-refractivity contribution is 7.87. The summed E-state index contributed by atoms with van der Waals surface area (Å²) in [6.07, 6.45) is 0. The molecule has 0 saturated carbocycles. The van der Waals surface area contributed by atoms with E-state index in [1.807, 2.05) is 0 Å². The Morgan fingerprint density at radius 1 is 1.29 bits per heavy atom. The number of nitrogens with zero attached hydrogens (tertiary/aromatic N) is 2. The van der Waals surface area contributed by atoms with E-state index < -0.39 is 10.2 Å². The van der Waals surface area contributed by atoms with Crippen molar-refractivity contribution >= 4 is 45.0 Å². The molecule has 0 fully saturated rings. The van der Waals surface area contributed by atoms with Gasteiger partial charge in [0, 0.05) is 34.1 Å². The summed E-state index contributed by atoms with van der Waals surface area (Å²) in [5, 5.41) is 0.583. The van der Waals surface area contributed by atoms with Crippen molar-refractivity contribution < 1.29 is 13.2 Å². The molecule has 118 valence electrons. The summed E-state index contributed by atoms with van der Waals surface area (Å²) < 4.78 is 26.6. The quantitative estimate of drug-likeness (QED) is 0.846. The maximum atomic E-state index is 11.7. The molecule has 0 spiro atoms. The van der Waals surface area contributed by atoms with E-state index in [1.54, 1.807) is 18.2 Å². The molecule has 1 N–H and O–H groups in total. The summed E-state index contributed by atoms with van der Waals surface area (Å²) >= 11 is 12.0. The summed E-state index contributed by atoms with van der Waals surface area (Å²) in [6, 6.07) is 4.93. The number of hydrogen-bond acceptors (Lipinski definition) is 3. The molecule has 0 atom stereocenters. The van der Waals surface area contributed by atoms with E-state index in [0.29, 0.717) is 10.7 Å². The second-order valence-corrected chi connectivity index (χ2v) is 7.18. The van der Waals surface area contributed by atoms with Crippen molar-refractivity contribution in [2.45, 2.75) is 6.92 Å². The average molecular weight is 354 g/mol. The molecule has 1 aromatic rings. The van der Waals surface area contributed by atoms with Crippen LogP contribution in [0.25, 0.3) is 0 Å². The van der Waals surface area contributed by atoms with Crippen molar-refractivity contribution in [2.75, 3.05) is 32.1 Å². The van der Waals surface area contributed by atoms with Gasteiger partial charge in [-0.25, -0.2) is 4.72 Å². The van der Waals surface area contributed by atoms with Gasteiger partial charge in [-0.2, -0.15) is 12.7 Å². The SMILES string of the molecule is CC(=O)N(CCNS(=O)(=O)N(C)C)c1cccc(Cl)c1Cl. The number of amides is 1. The Morgan fingerprint density at radius 3 is 2.43 bits per heavy atom. The van der Waals surface area contributed by atoms with Crippen LogP contribution in [-0.4, -0.2) is 45.8 Å². The fourth-order valence-electron chi connectivity index (χ4n) is 1.56. The second kappa shape index (κ2) is 7.42. The lowest BCUT2D eigenvalue weighted by molar-refractivity contribution is -0.116. The Balaban J connectivity index is 2.86. The van der Waals surface area contributed by atoms with Gasteiger partial charge in [-0.15, -0.1) is 0 Å². The van der Waals surface area contributed by atoms with Crippen LogP contribution in [0.3, 0.4) is 0 Å². The molecular weight excluding hydrogens is 337 g/mol. The van der Waals surface area contributed by atoms with Crippen LogP contribution in [0.5, 0.6) is 0 Å². The minimum atomic E-state index is -3.53. The summed E-state index contributed by atoms with van der Waals surface area (Å²) in [4.78, 5) is 13.1. The molecule has 9 heteroatoms.